The number of alkyl halides is 3. The predicted octanol–water partition coefficient (Wildman–Crippen LogP) is 4.69. The number of rotatable bonds is 6. The van der Waals surface area contributed by atoms with Gasteiger partial charge < -0.3 is 10.6 Å². The van der Waals surface area contributed by atoms with E-state index in [4.69, 9.17) is 0 Å². The van der Waals surface area contributed by atoms with Gasteiger partial charge in [0, 0.05) is 22.5 Å². The Bertz CT molecular complexity index is 671. The van der Waals surface area contributed by atoms with Crippen LogP contribution in [0.5, 0.6) is 0 Å². The maximum atomic E-state index is 12.7. The number of carbonyl (C=O) groups excluding carboxylic acids is 1. The Morgan fingerprint density at radius 1 is 1.25 bits per heavy atom. The van der Waals surface area contributed by atoms with Crippen LogP contribution in [-0.2, 0) is 11.0 Å². The second kappa shape index (κ2) is 7.81. The fraction of sp³-hybridized carbons (Fsp3) is 0.353. The molecule has 0 saturated carbocycles. The summed E-state index contributed by atoms with van der Waals surface area (Å²) in [5, 5.41) is 7.70. The number of hydrogen-bond acceptors (Lipinski definition) is 3. The van der Waals surface area contributed by atoms with Gasteiger partial charge in [-0.15, -0.1) is 11.3 Å². The maximum absolute atomic E-state index is 12.7. The van der Waals surface area contributed by atoms with Gasteiger partial charge in [0.05, 0.1) is 5.56 Å². The van der Waals surface area contributed by atoms with Crippen LogP contribution in [0.1, 0.15) is 29.8 Å². The minimum atomic E-state index is -4.43. The summed E-state index contributed by atoms with van der Waals surface area (Å²) in [6, 6.07) is 8.62. The number of amides is 1. The molecule has 0 saturated heterocycles. The summed E-state index contributed by atoms with van der Waals surface area (Å²) in [7, 11) is 1.82. The number of thiophene rings is 1. The fourth-order valence-corrected chi connectivity index (χ4v) is 3.21. The highest BCUT2D eigenvalue weighted by atomic mass is 32.1. The highest BCUT2D eigenvalue weighted by Crippen LogP contribution is 2.31. The summed E-state index contributed by atoms with van der Waals surface area (Å²) in [5.41, 5.74) is -0.626. The standard InChI is InChI=1S/C17H19F3N2OS/c1-11(9-14(21-2)15-7-4-8-24-15)16(23)22-13-6-3-5-12(10-13)17(18,19)20/h3-8,10-11,14,21H,9H2,1-2H3,(H,22,23). The van der Waals surface area contributed by atoms with Crippen LogP contribution in [0.4, 0.5) is 18.9 Å². The molecule has 7 heteroatoms. The van der Waals surface area contributed by atoms with Crippen molar-refractivity contribution >= 4 is 22.9 Å². The fourth-order valence-electron chi connectivity index (χ4n) is 2.37. The molecule has 1 aromatic carbocycles. The van der Waals surface area contributed by atoms with Crippen molar-refractivity contribution < 1.29 is 18.0 Å². The lowest BCUT2D eigenvalue weighted by Crippen LogP contribution is -2.26. The summed E-state index contributed by atoms with van der Waals surface area (Å²) in [5.74, 6) is -0.648. The molecule has 2 N–H and O–H groups in total. The molecule has 2 unspecified atom stereocenters. The lowest BCUT2D eigenvalue weighted by molar-refractivity contribution is -0.137. The van der Waals surface area contributed by atoms with E-state index < -0.39 is 11.7 Å². The van der Waals surface area contributed by atoms with E-state index in [1.807, 2.05) is 24.6 Å². The van der Waals surface area contributed by atoms with Crippen molar-refractivity contribution in [2.45, 2.75) is 25.6 Å². The topological polar surface area (TPSA) is 41.1 Å². The highest BCUT2D eigenvalue weighted by Gasteiger charge is 2.30. The molecule has 1 amide bonds. The molecule has 1 heterocycles. The zero-order chi connectivity index (χ0) is 17.7. The third-order valence-electron chi connectivity index (χ3n) is 3.73. The van der Waals surface area contributed by atoms with Crippen LogP contribution in [0.25, 0.3) is 0 Å². The molecule has 0 radical (unpaired) electrons. The molecular formula is C17H19F3N2OS. The summed E-state index contributed by atoms with van der Waals surface area (Å²) in [4.78, 5) is 13.4. The summed E-state index contributed by atoms with van der Waals surface area (Å²) in [6.45, 7) is 1.76. The van der Waals surface area contributed by atoms with Crippen molar-refractivity contribution in [3.8, 4) is 0 Å². The SMILES string of the molecule is CNC(CC(C)C(=O)Nc1cccc(C(F)(F)F)c1)c1cccs1. The summed E-state index contributed by atoms with van der Waals surface area (Å²) < 4.78 is 38.2. The van der Waals surface area contributed by atoms with E-state index in [1.165, 1.54) is 12.1 Å². The van der Waals surface area contributed by atoms with Crippen LogP contribution >= 0.6 is 11.3 Å². The molecule has 3 nitrogen and oxygen atoms in total. The third-order valence-corrected chi connectivity index (χ3v) is 4.72. The molecule has 0 aliphatic rings. The quantitative estimate of drug-likeness (QED) is 0.788. The van der Waals surface area contributed by atoms with Crippen LogP contribution in [0.3, 0.4) is 0 Å². The van der Waals surface area contributed by atoms with Crippen LogP contribution in [0, 0.1) is 5.92 Å². The molecule has 1 aromatic heterocycles. The van der Waals surface area contributed by atoms with E-state index in [1.54, 1.807) is 18.3 Å². The van der Waals surface area contributed by atoms with Crippen LogP contribution in [0.2, 0.25) is 0 Å². The molecule has 2 rings (SSSR count). The Balaban J connectivity index is 2.01. The van der Waals surface area contributed by atoms with Gasteiger partial charge in [-0.3, -0.25) is 4.79 Å². The van der Waals surface area contributed by atoms with Crippen LogP contribution in [0.15, 0.2) is 41.8 Å². The van der Waals surface area contributed by atoms with Crippen molar-refractivity contribution in [2.24, 2.45) is 5.92 Å². The molecule has 0 aliphatic carbocycles. The lowest BCUT2D eigenvalue weighted by atomic mass is 9.99. The molecule has 24 heavy (non-hydrogen) atoms. The molecule has 130 valence electrons. The van der Waals surface area contributed by atoms with Crippen molar-refractivity contribution in [3.63, 3.8) is 0 Å². The Hall–Kier alpha value is -1.86. The van der Waals surface area contributed by atoms with E-state index in [0.29, 0.717) is 6.42 Å². The minimum absolute atomic E-state index is 0.0345. The van der Waals surface area contributed by atoms with Gasteiger partial charge in [0.1, 0.15) is 0 Å². The minimum Gasteiger partial charge on any atom is -0.326 e. The van der Waals surface area contributed by atoms with Gasteiger partial charge >= 0.3 is 6.18 Å². The van der Waals surface area contributed by atoms with E-state index in [2.05, 4.69) is 10.6 Å². The average Bonchev–Trinajstić information content (AvgIpc) is 3.06. The highest BCUT2D eigenvalue weighted by molar-refractivity contribution is 7.10. The third kappa shape index (κ3) is 4.82. The Morgan fingerprint density at radius 2 is 2.00 bits per heavy atom. The smallest absolute Gasteiger partial charge is 0.326 e. The van der Waals surface area contributed by atoms with Crippen LogP contribution in [-0.4, -0.2) is 13.0 Å². The second-order valence-corrected chi connectivity index (χ2v) is 6.54. The first-order valence-corrected chi connectivity index (χ1v) is 8.38. The predicted molar refractivity (Wildman–Crippen MR) is 90.0 cm³/mol. The monoisotopic (exact) mass is 356 g/mol. The number of halogens is 3. The van der Waals surface area contributed by atoms with Gasteiger partial charge in [0.15, 0.2) is 0 Å². The van der Waals surface area contributed by atoms with Gasteiger partial charge in [-0.25, -0.2) is 0 Å². The van der Waals surface area contributed by atoms with Gasteiger partial charge in [0.2, 0.25) is 5.91 Å². The largest absolute Gasteiger partial charge is 0.416 e. The van der Waals surface area contributed by atoms with Gasteiger partial charge in [0.25, 0.3) is 0 Å². The maximum Gasteiger partial charge on any atom is 0.416 e. The first-order valence-electron chi connectivity index (χ1n) is 7.50. The number of carbonyl (C=O) groups is 1. The van der Waals surface area contributed by atoms with Crippen molar-refractivity contribution in [1.29, 1.82) is 0 Å². The molecular weight excluding hydrogens is 337 g/mol. The van der Waals surface area contributed by atoms with Gasteiger partial charge in [-0.1, -0.05) is 19.1 Å². The van der Waals surface area contributed by atoms with Gasteiger partial charge in [-0.05, 0) is 43.1 Å². The second-order valence-electron chi connectivity index (χ2n) is 5.56. The Morgan fingerprint density at radius 3 is 2.58 bits per heavy atom. The molecule has 2 atom stereocenters. The number of benzene rings is 1. The molecule has 0 bridgehead atoms. The number of nitrogens with one attached hydrogen (secondary N) is 2. The Labute approximate surface area is 142 Å². The van der Waals surface area contributed by atoms with Gasteiger partial charge in [-0.2, -0.15) is 13.2 Å². The van der Waals surface area contributed by atoms with E-state index >= 15 is 0 Å². The molecule has 2 aromatic rings. The van der Waals surface area contributed by atoms with E-state index in [9.17, 15) is 18.0 Å². The normalized spacial score (nSPS) is 14.2. The van der Waals surface area contributed by atoms with E-state index in [-0.39, 0.29) is 23.6 Å². The van der Waals surface area contributed by atoms with Crippen molar-refractivity contribution in [1.82, 2.24) is 5.32 Å². The number of hydrogen-bond donors (Lipinski definition) is 2. The zero-order valence-corrected chi connectivity index (χ0v) is 14.2. The van der Waals surface area contributed by atoms with Crippen LogP contribution < -0.4 is 10.6 Å². The summed E-state index contributed by atoms with van der Waals surface area (Å²) in [6.07, 6.45) is -3.87. The summed E-state index contributed by atoms with van der Waals surface area (Å²) >= 11 is 1.60. The lowest BCUT2D eigenvalue weighted by Gasteiger charge is -2.19. The number of anilines is 1. The molecule has 0 spiro atoms. The van der Waals surface area contributed by atoms with Crippen molar-refractivity contribution in [2.75, 3.05) is 12.4 Å². The average molecular weight is 356 g/mol. The zero-order valence-electron chi connectivity index (χ0n) is 13.4. The molecule has 0 fully saturated rings. The first-order chi connectivity index (χ1) is 11.3. The van der Waals surface area contributed by atoms with Crippen molar-refractivity contribution in [3.05, 3.63) is 52.2 Å². The molecule has 0 aliphatic heterocycles. The Kier molecular flexibility index (Phi) is 6.01. The first kappa shape index (κ1) is 18.5. The van der Waals surface area contributed by atoms with E-state index in [0.717, 1.165) is 17.0 Å².